The topological polar surface area (TPSA) is 58.0 Å². The second kappa shape index (κ2) is 6.10. The molecule has 2 N–H and O–H groups in total. The number of nitrogens with one attached hydrogen (secondary N) is 1. The van der Waals surface area contributed by atoms with Crippen LogP contribution in [0.15, 0.2) is 6.07 Å². The van der Waals surface area contributed by atoms with Crippen LogP contribution >= 0.6 is 23.2 Å². The van der Waals surface area contributed by atoms with Crippen molar-refractivity contribution in [3.63, 3.8) is 0 Å². The number of hydrogen-bond acceptors (Lipinski definition) is 4. The number of anilines is 1. The first kappa shape index (κ1) is 12.5. The van der Waals surface area contributed by atoms with Crippen LogP contribution in [0.3, 0.4) is 0 Å². The average Bonchev–Trinajstić information content (AvgIpc) is 2.23. The van der Waals surface area contributed by atoms with Crippen molar-refractivity contribution >= 4 is 28.9 Å². The number of halogens is 2. The third kappa shape index (κ3) is 4.20. The van der Waals surface area contributed by atoms with Gasteiger partial charge in [0.1, 0.15) is 0 Å². The molecule has 0 aliphatic carbocycles. The van der Waals surface area contributed by atoms with Crippen LogP contribution in [-0.4, -0.2) is 28.0 Å². The summed E-state index contributed by atoms with van der Waals surface area (Å²) in [5.41, 5.74) is 0.639. The minimum Gasteiger partial charge on any atom is -0.393 e. The highest BCUT2D eigenvalue weighted by atomic mass is 35.5. The predicted molar refractivity (Wildman–Crippen MR) is 61.5 cm³/mol. The monoisotopic (exact) mass is 249 g/mol. The number of aliphatic hydroxyl groups excluding tert-OH is 1. The second-order valence-electron chi connectivity index (χ2n) is 3.15. The fraction of sp³-hybridized carbons (Fsp3) is 0.556. The van der Waals surface area contributed by atoms with Crippen molar-refractivity contribution in [2.45, 2.75) is 25.9 Å². The predicted octanol–water partition coefficient (Wildman–Crippen LogP) is 2.36. The second-order valence-corrected chi connectivity index (χ2v) is 3.89. The van der Waals surface area contributed by atoms with E-state index in [0.717, 1.165) is 6.42 Å². The van der Waals surface area contributed by atoms with E-state index in [9.17, 15) is 5.11 Å². The van der Waals surface area contributed by atoms with E-state index in [4.69, 9.17) is 23.2 Å². The number of rotatable bonds is 5. The van der Waals surface area contributed by atoms with Crippen molar-refractivity contribution in [3.05, 3.63) is 16.4 Å². The van der Waals surface area contributed by atoms with Gasteiger partial charge in [-0.25, -0.2) is 0 Å². The molecule has 0 fully saturated rings. The molecule has 1 heterocycles. The molecule has 0 saturated heterocycles. The van der Waals surface area contributed by atoms with E-state index >= 15 is 0 Å². The summed E-state index contributed by atoms with van der Waals surface area (Å²) in [4.78, 5) is 0. The van der Waals surface area contributed by atoms with Crippen LogP contribution < -0.4 is 5.32 Å². The molecule has 1 rings (SSSR count). The molecular weight excluding hydrogens is 237 g/mol. The van der Waals surface area contributed by atoms with E-state index in [0.29, 0.717) is 18.7 Å². The average molecular weight is 250 g/mol. The Kier molecular flexibility index (Phi) is 5.08. The van der Waals surface area contributed by atoms with E-state index in [-0.39, 0.29) is 16.4 Å². The van der Waals surface area contributed by atoms with Gasteiger partial charge in [-0.2, -0.15) is 0 Å². The maximum atomic E-state index is 9.33. The number of aliphatic hydroxyl groups is 1. The van der Waals surface area contributed by atoms with Crippen LogP contribution in [0.5, 0.6) is 0 Å². The highest BCUT2D eigenvalue weighted by Crippen LogP contribution is 2.20. The molecule has 84 valence electrons. The molecule has 0 saturated carbocycles. The van der Waals surface area contributed by atoms with Gasteiger partial charge in [0, 0.05) is 12.6 Å². The first-order chi connectivity index (χ1) is 7.13. The minimum atomic E-state index is -0.290. The fourth-order valence-electron chi connectivity index (χ4n) is 1.05. The summed E-state index contributed by atoms with van der Waals surface area (Å²) >= 11 is 11.5. The Labute approximate surface area is 98.6 Å². The molecule has 1 atom stereocenters. The highest BCUT2D eigenvalue weighted by Gasteiger charge is 2.04. The van der Waals surface area contributed by atoms with E-state index in [1.807, 2.05) is 6.92 Å². The van der Waals surface area contributed by atoms with Crippen LogP contribution in [0.2, 0.25) is 10.3 Å². The molecule has 4 nitrogen and oxygen atoms in total. The van der Waals surface area contributed by atoms with Crippen molar-refractivity contribution in [2.75, 3.05) is 11.9 Å². The summed E-state index contributed by atoms with van der Waals surface area (Å²) in [7, 11) is 0. The molecule has 15 heavy (non-hydrogen) atoms. The number of aromatic nitrogens is 2. The van der Waals surface area contributed by atoms with Crippen LogP contribution in [0.25, 0.3) is 0 Å². The SMILES string of the molecule is CCC(O)CCNc1cc(Cl)nnc1Cl. The van der Waals surface area contributed by atoms with Gasteiger partial charge in [0.25, 0.3) is 0 Å². The lowest BCUT2D eigenvalue weighted by Gasteiger charge is -2.10. The lowest BCUT2D eigenvalue weighted by atomic mass is 10.2. The Bertz CT molecular complexity index is 322. The van der Waals surface area contributed by atoms with Gasteiger partial charge in [0.2, 0.25) is 0 Å². The zero-order chi connectivity index (χ0) is 11.3. The molecule has 0 bridgehead atoms. The summed E-state index contributed by atoms with van der Waals surface area (Å²) in [6, 6.07) is 1.61. The third-order valence-corrected chi connectivity index (χ3v) is 2.45. The molecule has 1 aromatic rings. The van der Waals surface area contributed by atoms with Crippen LogP contribution in [0.1, 0.15) is 19.8 Å². The quantitative estimate of drug-likeness (QED) is 0.842. The molecule has 1 aromatic heterocycles. The van der Waals surface area contributed by atoms with Crippen molar-refractivity contribution in [1.82, 2.24) is 10.2 Å². The lowest BCUT2D eigenvalue weighted by Crippen LogP contribution is -2.12. The first-order valence-corrected chi connectivity index (χ1v) is 5.49. The maximum absolute atomic E-state index is 9.33. The van der Waals surface area contributed by atoms with Gasteiger partial charge in [0.15, 0.2) is 10.3 Å². The lowest BCUT2D eigenvalue weighted by molar-refractivity contribution is 0.164. The summed E-state index contributed by atoms with van der Waals surface area (Å²) in [6.07, 6.45) is 1.11. The Morgan fingerprint density at radius 3 is 2.87 bits per heavy atom. The Morgan fingerprint density at radius 1 is 1.47 bits per heavy atom. The normalized spacial score (nSPS) is 12.5. The molecule has 0 spiro atoms. The van der Waals surface area contributed by atoms with Gasteiger partial charge in [-0.05, 0) is 12.8 Å². The van der Waals surface area contributed by atoms with Crippen molar-refractivity contribution < 1.29 is 5.11 Å². The van der Waals surface area contributed by atoms with Gasteiger partial charge in [-0.3, -0.25) is 0 Å². The van der Waals surface area contributed by atoms with E-state index in [2.05, 4.69) is 15.5 Å². The number of hydrogen-bond donors (Lipinski definition) is 2. The highest BCUT2D eigenvalue weighted by molar-refractivity contribution is 6.33. The molecule has 0 amide bonds. The zero-order valence-electron chi connectivity index (χ0n) is 8.37. The van der Waals surface area contributed by atoms with Gasteiger partial charge < -0.3 is 10.4 Å². The van der Waals surface area contributed by atoms with Gasteiger partial charge in [0.05, 0.1) is 11.8 Å². The van der Waals surface area contributed by atoms with Crippen LogP contribution in [0.4, 0.5) is 5.69 Å². The Balaban J connectivity index is 2.46. The molecule has 0 aliphatic heterocycles. The third-order valence-electron chi connectivity index (χ3n) is 1.98. The Morgan fingerprint density at radius 2 is 2.20 bits per heavy atom. The maximum Gasteiger partial charge on any atom is 0.174 e. The Hall–Kier alpha value is -0.580. The van der Waals surface area contributed by atoms with Crippen molar-refractivity contribution in [2.24, 2.45) is 0 Å². The molecule has 0 aliphatic rings. The largest absolute Gasteiger partial charge is 0.393 e. The van der Waals surface area contributed by atoms with Crippen molar-refractivity contribution in [3.8, 4) is 0 Å². The molecule has 0 aromatic carbocycles. The molecule has 0 radical (unpaired) electrons. The summed E-state index contributed by atoms with van der Waals surface area (Å²) < 4.78 is 0. The molecular formula is C9H13Cl2N3O. The summed E-state index contributed by atoms with van der Waals surface area (Å²) in [5.74, 6) is 0. The fourth-order valence-corrected chi connectivity index (χ4v) is 1.36. The smallest absolute Gasteiger partial charge is 0.174 e. The van der Waals surface area contributed by atoms with Crippen LogP contribution in [-0.2, 0) is 0 Å². The minimum absolute atomic E-state index is 0.283. The van der Waals surface area contributed by atoms with Crippen LogP contribution in [0, 0.1) is 0 Å². The van der Waals surface area contributed by atoms with Gasteiger partial charge in [-0.15, -0.1) is 10.2 Å². The number of nitrogens with zero attached hydrogens (tertiary/aromatic N) is 2. The standard InChI is InChI=1S/C9H13Cl2N3O/c1-2-6(15)3-4-12-7-5-8(10)13-14-9(7)11/h5-6,15H,2-4H2,1H3,(H,12,13). The molecule has 1 unspecified atom stereocenters. The van der Waals surface area contributed by atoms with Crippen molar-refractivity contribution in [1.29, 1.82) is 0 Å². The van der Waals surface area contributed by atoms with Gasteiger partial charge >= 0.3 is 0 Å². The van der Waals surface area contributed by atoms with E-state index in [1.165, 1.54) is 0 Å². The van der Waals surface area contributed by atoms with Gasteiger partial charge in [-0.1, -0.05) is 30.1 Å². The first-order valence-electron chi connectivity index (χ1n) is 4.74. The van der Waals surface area contributed by atoms with E-state index in [1.54, 1.807) is 6.07 Å². The molecule has 6 heteroatoms. The summed E-state index contributed by atoms with van der Waals surface area (Å²) in [6.45, 7) is 2.55. The summed E-state index contributed by atoms with van der Waals surface area (Å²) in [5, 5.41) is 20.2. The van der Waals surface area contributed by atoms with E-state index < -0.39 is 0 Å². The zero-order valence-corrected chi connectivity index (χ0v) is 9.89.